The summed E-state index contributed by atoms with van der Waals surface area (Å²) in [6.45, 7) is 2.48. The molecule has 0 atom stereocenters. The molecule has 2 N–H and O–H groups in total. The monoisotopic (exact) mass is 337 g/mol. The Morgan fingerprint density at radius 3 is 2.83 bits per heavy atom. The Labute approximate surface area is 134 Å². The lowest BCUT2D eigenvalue weighted by atomic mass is 10.2. The van der Waals surface area contributed by atoms with Crippen LogP contribution in [0.1, 0.15) is 11.3 Å². The number of hydrogen-bond donors (Lipinski definition) is 2. The Balaban J connectivity index is 1.84. The molecule has 2 amide bonds. The van der Waals surface area contributed by atoms with Gasteiger partial charge in [-0.2, -0.15) is 5.10 Å². The van der Waals surface area contributed by atoms with Gasteiger partial charge in [0.05, 0.1) is 12.3 Å². The normalized spacial score (nSPS) is 11.2. The van der Waals surface area contributed by atoms with E-state index in [2.05, 4.69) is 20.7 Å². The lowest BCUT2D eigenvalue weighted by molar-refractivity contribution is 0.251. The van der Waals surface area contributed by atoms with E-state index in [0.29, 0.717) is 12.4 Å². The average Bonchev–Trinajstić information content (AvgIpc) is 2.91. The van der Waals surface area contributed by atoms with Gasteiger partial charge in [-0.25, -0.2) is 13.2 Å². The van der Waals surface area contributed by atoms with Crippen LogP contribution in [0.25, 0.3) is 0 Å². The number of carbonyl (C=O) groups excluding carboxylic acids is 1. The highest BCUT2D eigenvalue weighted by molar-refractivity contribution is 7.90. The van der Waals surface area contributed by atoms with Crippen LogP contribution in [-0.2, 0) is 22.9 Å². The number of sulfone groups is 1. The van der Waals surface area contributed by atoms with Crippen molar-refractivity contribution in [2.75, 3.05) is 17.3 Å². The fraction of sp³-hybridized carbons (Fsp3) is 0.357. The summed E-state index contributed by atoms with van der Waals surface area (Å²) in [5, 5.41) is 9.41. The van der Waals surface area contributed by atoms with E-state index in [1.807, 2.05) is 19.1 Å². The van der Waals surface area contributed by atoms with Crippen molar-refractivity contribution in [1.82, 2.24) is 20.1 Å². The number of amides is 2. The van der Waals surface area contributed by atoms with Crippen LogP contribution in [-0.4, -0.2) is 41.2 Å². The molecular formula is C14H19N5O3S. The Morgan fingerprint density at radius 2 is 2.13 bits per heavy atom. The number of anilines is 1. The third kappa shape index (κ3) is 5.70. The number of carbonyl (C=O) groups is 1. The predicted octanol–water partition coefficient (Wildman–Crippen LogP) is 0.953. The minimum absolute atomic E-state index is 0.000596. The molecule has 0 saturated heterocycles. The van der Waals surface area contributed by atoms with Crippen molar-refractivity contribution >= 4 is 21.7 Å². The van der Waals surface area contributed by atoms with Crippen LogP contribution in [0.2, 0.25) is 0 Å². The van der Waals surface area contributed by atoms with Crippen LogP contribution in [0.5, 0.6) is 0 Å². The third-order valence-corrected chi connectivity index (χ3v) is 4.05. The van der Waals surface area contributed by atoms with Gasteiger partial charge in [-0.05, 0) is 18.6 Å². The maximum absolute atomic E-state index is 11.8. The number of urea groups is 1. The van der Waals surface area contributed by atoms with Gasteiger partial charge >= 0.3 is 6.03 Å². The topological polar surface area (TPSA) is 106 Å². The summed E-state index contributed by atoms with van der Waals surface area (Å²) >= 11 is 0. The molecule has 2 aromatic heterocycles. The molecule has 0 aromatic carbocycles. The maximum Gasteiger partial charge on any atom is 0.320 e. The number of aromatic nitrogens is 3. The minimum Gasteiger partial charge on any atom is -0.334 e. The van der Waals surface area contributed by atoms with Crippen LogP contribution in [0.3, 0.4) is 0 Å². The summed E-state index contributed by atoms with van der Waals surface area (Å²) < 4.78 is 23.7. The van der Waals surface area contributed by atoms with Crippen LogP contribution < -0.4 is 10.6 Å². The van der Waals surface area contributed by atoms with E-state index in [9.17, 15) is 13.2 Å². The van der Waals surface area contributed by atoms with Crippen LogP contribution >= 0.6 is 0 Å². The highest BCUT2D eigenvalue weighted by Crippen LogP contribution is 2.05. The number of nitrogens with zero attached hydrogens (tertiary/aromatic N) is 3. The Bertz CT molecular complexity index is 785. The summed E-state index contributed by atoms with van der Waals surface area (Å²) in [5.41, 5.74) is 1.79. The zero-order chi connectivity index (χ0) is 16.9. The first-order chi connectivity index (χ1) is 10.8. The quantitative estimate of drug-likeness (QED) is 0.816. The number of pyridine rings is 1. The van der Waals surface area contributed by atoms with Crippen molar-refractivity contribution in [2.45, 2.75) is 20.0 Å². The van der Waals surface area contributed by atoms with Crippen LogP contribution in [0.4, 0.5) is 10.6 Å². The summed E-state index contributed by atoms with van der Waals surface area (Å²) in [7, 11) is -3.05. The standard InChI is InChI=1S/C14H19N5O3S/c1-11-12(4-3-6-15-11)10-16-14(20)17-13-5-7-19(18-13)8-9-23(2,21)22/h3-7H,8-10H2,1-2H3,(H2,16,17,18,20). The largest absolute Gasteiger partial charge is 0.334 e. The molecule has 0 fully saturated rings. The molecule has 0 unspecified atom stereocenters. The predicted molar refractivity (Wildman–Crippen MR) is 86.8 cm³/mol. The van der Waals surface area contributed by atoms with E-state index < -0.39 is 9.84 Å². The van der Waals surface area contributed by atoms with E-state index in [4.69, 9.17) is 0 Å². The third-order valence-electron chi connectivity index (χ3n) is 3.13. The highest BCUT2D eigenvalue weighted by atomic mass is 32.2. The van der Waals surface area contributed by atoms with Crippen LogP contribution in [0, 0.1) is 6.92 Å². The lowest BCUT2D eigenvalue weighted by Gasteiger charge is -2.07. The van der Waals surface area contributed by atoms with Crippen molar-refractivity contribution in [3.63, 3.8) is 0 Å². The summed E-state index contributed by atoms with van der Waals surface area (Å²) in [5.74, 6) is 0.361. The molecule has 0 radical (unpaired) electrons. The van der Waals surface area contributed by atoms with Gasteiger partial charge in [-0.3, -0.25) is 15.0 Å². The molecule has 124 valence electrons. The molecule has 0 aliphatic heterocycles. The number of aryl methyl sites for hydroxylation is 2. The molecule has 0 spiro atoms. The van der Waals surface area contributed by atoms with E-state index >= 15 is 0 Å². The number of hydrogen-bond acceptors (Lipinski definition) is 5. The fourth-order valence-corrected chi connectivity index (χ4v) is 2.37. The molecule has 8 nitrogen and oxygen atoms in total. The van der Waals surface area contributed by atoms with Crippen LogP contribution in [0.15, 0.2) is 30.6 Å². The van der Waals surface area contributed by atoms with Gasteiger partial charge < -0.3 is 5.32 Å². The smallest absolute Gasteiger partial charge is 0.320 e. The number of nitrogens with one attached hydrogen (secondary N) is 2. The zero-order valence-corrected chi connectivity index (χ0v) is 13.8. The molecule has 0 saturated carbocycles. The first-order valence-corrected chi connectivity index (χ1v) is 9.06. The van der Waals surface area contributed by atoms with Gasteiger partial charge in [0.1, 0.15) is 9.84 Å². The molecule has 2 heterocycles. The van der Waals surface area contributed by atoms with Gasteiger partial charge in [0.2, 0.25) is 0 Å². The SMILES string of the molecule is Cc1ncccc1CNC(=O)Nc1ccn(CCS(C)(=O)=O)n1. The fourth-order valence-electron chi connectivity index (χ4n) is 1.85. The first-order valence-electron chi connectivity index (χ1n) is 7.00. The molecule has 0 aliphatic rings. The summed E-state index contributed by atoms with van der Waals surface area (Å²) in [4.78, 5) is 16.0. The second-order valence-electron chi connectivity index (χ2n) is 5.15. The minimum atomic E-state index is -3.05. The molecule has 2 rings (SSSR count). The highest BCUT2D eigenvalue weighted by Gasteiger charge is 2.07. The van der Waals surface area contributed by atoms with Gasteiger partial charge in [-0.1, -0.05) is 6.07 Å². The van der Waals surface area contributed by atoms with Crippen molar-refractivity contribution in [2.24, 2.45) is 0 Å². The van der Waals surface area contributed by atoms with Gasteiger partial charge in [-0.15, -0.1) is 0 Å². The molecule has 0 bridgehead atoms. The lowest BCUT2D eigenvalue weighted by Crippen LogP contribution is -2.28. The summed E-state index contributed by atoms with van der Waals surface area (Å²) in [6.07, 6.45) is 4.48. The number of rotatable bonds is 6. The van der Waals surface area contributed by atoms with E-state index in [1.54, 1.807) is 18.5 Å². The van der Waals surface area contributed by atoms with Crippen molar-refractivity contribution < 1.29 is 13.2 Å². The van der Waals surface area contributed by atoms with E-state index in [-0.39, 0.29) is 18.3 Å². The molecule has 0 aliphatic carbocycles. The molecular weight excluding hydrogens is 318 g/mol. The average molecular weight is 337 g/mol. The zero-order valence-electron chi connectivity index (χ0n) is 13.0. The van der Waals surface area contributed by atoms with E-state index in [0.717, 1.165) is 11.3 Å². The Hall–Kier alpha value is -2.42. The Morgan fingerprint density at radius 1 is 1.35 bits per heavy atom. The molecule has 2 aromatic rings. The van der Waals surface area contributed by atoms with E-state index in [1.165, 1.54) is 10.9 Å². The van der Waals surface area contributed by atoms with Crippen molar-refractivity contribution in [3.8, 4) is 0 Å². The first kappa shape index (κ1) is 16.9. The molecule has 23 heavy (non-hydrogen) atoms. The molecule has 9 heteroatoms. The second-order valence-corrected chi connectivity index (χ2v) is 7.41. The summed E-state index contributed by atoms with van der Waals surface area (Å²) in [6, 6.07) is 4.92. The maximum atomic E-state index is 11.8. The van der Waals surface area contributed by atoms with Crippen molar-refractivity contribution in [1.29, 1.82) is 0 Å². The van der Waals surface area contributed by atoms with Crippen molar-refractivity contribution in [3.05, 3.63) is 41.9 Å². The second kappa shape index (κ2) is 7.23. The van der Waals surface area contributed by atoms with Gasteiger partial charge in [0.25, 0.3) is 0 Å². The van der Waals surface area contributed by atoms with Gasteiger partial charge in [0, 0.05) is 37.0 Å². The Kier molecular flexibility index (Phi) is 5.32. The van der Waals surface area contributed by atoms with Gasteiger partial charge in [0.15, 0.2) is 5.82 Å².